The number of anilines is 1. The minimum Gasteiger partial charge on any atom is -0.478 e. The van der Waals surface area contributed by atoms with E-state index in [1.807, 2.05) is 0 Å². The van der Waals surface area contributed by atoms with Gasteiger partial charge >= 0.3 is 23.5 Å². The molecule has 2 heterocycles. The fourth-order valence-electron chi connectivity index (χ4n) is 2.32. The number of carbonyl (C=O) groups excluding carboxylic acids is 1. The Morgan fingerprint density at radius 3 is 2.08 bits per heavy atom. The van der Waals surface area contributed by atoms with Crippen molar-refractivity contribution >= 4 is 29.2 Å². The number of hydrogen-bond acceptors (Lipinski definition) is 5. The van der Waals surface area contributed by atoms with Crippen molar-refractivity contribution < 1.29 is 41.4 Å². The van der Waals surface area contributed by atoms with Gasteiger partial charge in [0.25, 0.3) is 0 Å². The van der Waals surface area contributed by atoms with Gasteiger partial charge in [0.05, 0.1) is 12.8 Å². The lowest BCUT2D eigenvalue weighted by molar-refractivity contribution is -0.142. The second-order valence-corrected chi connectivity index (χ2v) is 5.68. The van der Waals surface area contributed by atoms with Crippen molar-refractivity contribution in [3.8, 4) is 0 Å². The van der Waals surface area contributed by atoms with Crippen LogP contribution in [0, 0.1) is 0 Å². The zero-order valence-corrected chi connectivity index (χ0v) is 13.4. The number of rotatable bonds is 4. The van der Waals surface area contributed by atoms with Gasteiger partial charge in [0.15, 0.2) is 5.69 Å². The van der Waals surface area contributed by atoms with Crippen molar-refractivity contribution in [2.45, 2.75) is 24.5 Å². The number of hydrogen-bond donors (Lipinski definition) is 1. The summed E-state index contributed by atoms with van der Waals surface area (Å²) in [6.07, 6.45) is -5.37. The van der Waals surface area contributed by atoms with Gasteiger partial charge in [-0.25, -0.2) is 14.6 Å². The smallest absolute Gasteiger partial charge is 0.434 e. The molecule has 0 amide bonds. The first-order valence-electron chi connectivity index (χ1n) is 6.61. The molecule has 1 aromatic rings. The van der Waals surface area contributed by atoms with Gasteiger partial charge in [0.2, 0.25) is 0 Å². The van der Waals surface area contributed by atoms with Gasteiger partial charge in [-0.3, -0.25) is 0 Å². The molecule has 0 aromatic carbocycles. The normalized spacial score (nSPS) is 17.4. The maximum absolute atomic E-state index is 13.6. The number of ether oxygens (including phenoxy) is 1. The van der Waals surface area contributed by atoms with Gasteiger partial charge in [0.1, 0.15) is 16.8 Å². The van der Waals surface area contributed by atoms with Crippen molar-refractivity contribution in [3.63, 3.8) is 0 Å². The summed E-state index contributed by atoms with van der Waals surface area (Å²) in [6.45, 7) is 1.55. The Hall–Kier alpha value is -2.17. The quantitative estimate of drug-likeness (QED) is 0.369. The number of aromatic nitrogens is 1. The molecule has 25 heavy (non-hydrogen) atoms. The van der Waals surface area contributed by atoms with E-state index in [-0.39, 0.29) is 6.54 Å². The van der Waals surface area contributed by atoms with E-state index in [9.17, 15) is 36.6 Å². The molecule has 0 saturated carbocycles. The van der Waals surface area contributed by atoms with E-state index >= 15 is 0 Å². The molecule has 1 saturated heterocycles. The summed E-state index contributed by atoms with van der Waals surface area (Å²) in [6, 6.07) is -0.471. The number of esters is 1. The summed E-state index contributed by atoms with van der Waals surface area (Å²) < 4.78 is 71.2. The maximum Gasteiger partial charge on any atom is 0.434 e. The Bertz CT molecular complexity index is 747. The van der Waals surface area contributed by atoms with Crippen LogP contribution in [0.15, 0.2) is 0 Å². The second kappa shape index (κ2) is 5.97. The number of methoxy groups -OCH3 is 1. The van der Waals surface area contributed by atoms with Crippen LogP contribution in [-0.4, -0.2) is 41.7 Å². The highest BCUT2D eigenvalue weighted by Gasteiger charge is 2.49. The SMILES string of the molecule is COC(=O)c1c(C(F)(F)Cl)nc(C(F)(F)F)c(C(=O)O)c1N1CC1C. The number of carboxylic acid groups (broad SMARTS) is 1. The van der Waals surface area contributed by atoms with Crippen molar-refractivity contribution in [3.05, 3.63) is 22.5 Å². The average molecular weight is 389 g/mol. The summed E-state index contributed by atoms with van der Waals surface area (Å²) in [4.78, 5) is 27.1. The molecular weight excluding hydrogens is 379 g/mol. The molecule has 12 heteroatoms. The topological polar surface area (TPSA) is 79.5 Å². The summed E-state index contributed by atoms with van der Waals surface area (Å²) in [7, 11) is 0.798. The molecule has 1 atom stereocenters. The number of nitrogens with zero attached hydrogens (tertiary/aromatic N) is 2. The molecule has 1 unspecified atom stereocenters. The molecule has 0 bridgehead atoms. The zero-order chi connectivity index (χ0) is 19.3. The first kappa shape index (κ1) is 19.2. The molecule has 0 radical (unpaired) electrons. The van der Waals surface area contributed by atoms with Gasteiger partial charge < -0.3 is 14.7 Å². The van der Waals surface area contributed by atoms with Gasteiger partial charge in [-0.2, -0.15) is 22.0 Å². The number of pyridine rings is 1. The highest BCUT2D eigenvalue weighted by atomic mass is 35.5. The van der Waals surface area contributed by atoms with E-state index in [1.165, 1.54) is 6.92 Å². The van der Waals surface area contributed by atoms with Crippen LogP contribution in [0.4, 0.5) is 27.6 Å². The zero-order valence-electron chi connectivity index (χ0n) is 12.6. The van der Waals surface area contributed by atoms with Gasteiger partial charge in [-0.15, -0.1) is 0 Å². The van der Waals surface area contributed by atoms with Crippen molar-refractivity contribution in [2.75, 3.05) is 18.6 Å². The lowest BCUT2D eigenvalue weighted by Gasteiger charge is -2.22. The van der Waals surface area contributed by atoms with Crippen LogP contribution >= 0.6 is 11.6 Å². The molecule has 6 nitrogen and oxygen atoms in total. The highest BCUT2D eigenvalue weighted by molar-refractivity contribution is 6.22. The fraction of sp³-hybridized carbons (Fsp3) is 0.462. The van der Waals surface area contributed by atoms with E-state index in [4.69, 9.17) is 11.6 Å². The summed E-state index contributed by atoms with van der Waals surface area (Å²) in [5.74, 6) is -3.56. The Balaban J connectivity index is 3.01. The summed E-state index contributed by atoms with van der Waals surface area (Å²) >= 11 is 4.82. The Morgan fingerprint density at radius 1 is 1.24 bits per heavy atom. The minimum atomic E-state index is -5.37. The molecule has 2 rings (SSSR count). The van der Waals surface area contributed by atoms with E-state index in [1.54, 1.807) is 0 Å². The van der Waals surface area contributed by atoms with Crippen LogP contribution in [0.25, 0.3) is 0 Å². The number of alkyl halides is 6. The van der Waals surface area contributed by atoms with Crippen LogP contribution in [0.5, 0.6) is 0 Å². The third-order valence-electron chi connectivity index (χ3n) is 3.46. The first-order valence-corrected chi connectivity index (χ1v) is 6.99. The summed E-state index contributed by atoms with van der Waals surface area (Å²) in [5.41, 5.74) is -7.16. The Morgan fingerprint density at radius 2 is 1.76 bits per heavy atom. The molecule has 1 aliphatic heterocycles. The van der Waals surface area contributed by atoms with Gasteiger partial charge in [0, 0.05) is 12.6 Å². The Kier molecular flexibility index (Phi) is 4.58. The largest absolute Gasteiger partial charge is 0.478 e. The number of halogens is 6. The molecule has 1 fully saturated rings. The predicted octanol–water partition coefficient (Wildman–Crippen LogP) is 3.08. The van der Waals surface area contributed by atoms with E-state index in [0.717, 1.165) is 12.0 Å². The number of carbonyl (C=O) groups is 2. The third kappa shape index (κ3) is 3.46. The van der Waals surface area contributed by atoms with Crippen LogP contribution in [0.3, 0.4) is 0 Å². The van der Waals surface area contributed by atoms with Crippen LogP contribution in [-0.2, 0) is 16.3 Å². The fourth-order valence-corrected chi connectivity index (χ4v) is 2.45. The van der Waals surface area contributed by atoms with Crippen molar-refractivity contribution in [1.82, 2.24) is 4.98 Å². The van der Waals surface area contributed by atoms with Crippen LogP contribution in [0.1, 0.15) is 39.0 Å². The standard InChI is InChI=1S/C13H10ClF5N2O4/c1-4-3-21(4)7-5(10(22)23)9(13(17,18)19)20-8(12(14,15)16)6(7)11(24)25-2/h4H,3H2,1-2H3,(H,22,23). The molecule has 1 aromatic heterocycles. The average Bonchev–Trinajstić information content (AvgIpc) is 3.18. The molecular formula is C13H10ClF5N2O4. The van der Waals surface area contributed by atoms with E-state index in [0.29, 0.717) is 0 Å². The van der Waals surface area contributed by atoms with Crippen molar-refractivity contribution in [1.29, 1.82) is 0 Å². The molecule has 0 aliphatic carbocycles. The minimum absolute atomic E-state index is 0.0544. The number of aromatic carboxylic acids is 1. The highest BCUT2D eigenvalue weighted by Crippen LogP contribution is 2.46. The Labute approximate surface area is 142 Å². The molecule has 1 aliphatic rings. The van der Waals surface area contributed by atoms with Crippen molar-refractivity contribution in [2.24, 2.45) is 0 Å². The van der Waals surface area contributed by atoms with Crippen LogP contribution in [0.2, 0.25) is 0 Å². The van der Waals surface area contributed by atoms with E-state index in [2.05, 4.69) is 9.72 Å². The lowest BCUT2D eigenvalue weighted by atomic mass is 10.0. The summed E-state index contributed by atoms with van der Waals surface area (Å²) in [5, 5.41) is 4.74. The molecule has 0 spiro atoms. The first-order chi connectivity index (χ1) is 11.3. The van der Waals surface area contributed by atoms with Crippen LogP contribution < -0.4 is 4.90 Å². The van der Waals surface area contributed by atoms with Gasteiger partial charge in [-0.1, -0.05) is 0 Å². The molecule has 1 N–H and O–H groups in total. The lowest BCUT2D eigenvalue weighted by Crippen LogP contribution is -2.26. The van der Waals surface area contributed by atoms with Gasteiger partial charge in [-0.05, 0) is 18.5 Å². The monoisotopic (exact) mass is 388 g/mol. The maximum atomic E-state index is 13.6. The predicted molar refractivity (Wildman–Crippen MR) is 74.1 cm³/mol. The van der Waals surface area contributed by atoms with E-state index < -0.39 is 57.7 Å². The second-order valence-electron chi connectivity index (χ2n) is 5.20. The third-order valence-corrected chi connectivity index (χ3v) is 3.64. The number of carboxylic acids is 1. The molecule has 138 valence electrons.